The van der Waals surface area contributed by atoms with Crippen molar-refractivity contribution in [3.8, 4) is 0 Å². The minimum atomic E-state index is -0.475. The van der Waals surface area contributed by atoms with Gasteiger partial charge in [-0.25, -0.2) is 0 Å². The molecular formula is C13H11Cl2N3O2S. The molecule has 110 valence electrons. The van der Waals surface area contributed by atoms with E-state index in [0.717, 1.165) is 11.8 Å². The summed E-state index contributed by atoms with van der Waals surface area (Å²) in [5.74, 6) is -0.808. The van der Waals surface area contributed by atoms with Gasteiger partial charge in [0.15, 0.2) is 5.17 Å². The third-order valence-corrected chi connectivity index (χ3v) is 3.96. The van der Waals surface area contributed by atoms with E-state index in [1.165, 1.54) is 6.08 Å². The number of carbonyl (C=O) groups excluding carboxylic acids is 2. The van der Waals surface area contributed by atoms with Crippen molar-refractivity contribution in [1.29, 1.82) is 0 Å². The number of amides is 2. The Balaban J connectivity index is 2.13. The van der Waals surface area contributed by atoms with Crippen LogP contribution in [-0.4, -0.2) is 23.5 Å². The first kappa shape index (κ1) is 15.9. The first-order chi connectivity index (χ1) is 10.0. The maximum absolute atomic E-state index is 11.7. The fourth-order valence-corrected chi connectivity index (χ4v) is 2.81. The van der Waals surface area contributed by atoms with E-state index in [1.807, 2.05) is 0 Å². The third kappa shape index (κ3) is 4.00. The molecule has 0 atom stereocenters. The van der Waals surface area contributed by atoms with E-state index in [1.54, 1.807) is 25.1 Å². The van der Waals surface area contributed by atoms with Crippen LogP contribution in [0.4, 0.5) is 5.69 Å². The Morgan fingerprint density at radius 2 is 2.05 bits per heavy atom. The number of para-hydroxylation sites is 1. The summed E-state index contributed by atoms with van der Waals surface area (Å²) in [5.41, 5.74) is 0.471. The van der Waals surface area contributed by atoms with Crippen LogP contribution in [0.1, 0.15) is 6.92 Å². The van der Waals surface area contributed by atoms with Crippen LogP contribution in [0.2, 0.25) is 10.0 Å². The molecule has 2 amide bonds. The molecule has 21 heavy (non-hydrogen) atoms. The lowest BCUT2D eigenvalue weighted by Crippen LogP contribution is -2.20. The molecule has 5 nitrogen and oxygen atoms in total. The molecule has 0 radical (unpaired) electrons. The molecule has 1 aromatic rings. The Morgan fingerprint density at radius 3 is 2.67 bits per heavy atom. The molecule has 2 N–H and O–H groups in total. The summed E-state index contributed by atoms with van der Waals surface area (Å²) in [6.07, 6.45) is 1.23. The van der Waals surface area contributed by atoms with Crippen molar-refractivity contribution in [2.45, 2.75) is 6.92 Å². The van der Waals surface area contributed by atoms with Crippen molar-refractivity contribution in [2.24, 2.45) is 4.99 Å². The molecule has 1 aromatic carbocycles. The van der Waals surface area contributed by atoms with Crippen molar-refractivity contribution in [1.82, 2.24) is 5.32 Å². The number of hydrogen-bond donors (Lipinski definition) is 2. The van der Waals surface area contributed by atoms with Gasteiger partial charge in [0.05, 0.1) is 20.6 Å². The van der Waals surface area contributed by atoms with Crippen molar-refractivity contribution in [3.05, 3.63) is 39.2 Å². The molecule has 1 aliphatic rings. The van der Waals surface area contributed by atoms with Gasteiger partial charge >= 0.3 is 0 Å². The summed E-state index contributed by atoms with van der Waals surface area (Å²) < 4.78 is 0. The van der Waals surface area contributed by atoms with Gasteiger partial charge in [0.25, 0.3) is 5.91 Å². The van der Waals surface area contributed by atoms with Crippen LogP contribution < -0.4 is 10.6 Å². The van der Waals surface area contributed by atoms with E-state index in [-0.39, 0.29) is 10.8 Å². The zero-order chi connectivity index (χ0) is 15.4. The monoisotopic (exact) mass is 343 g/mol. The van der Waals surface area contributed by atoms with Crippen LogP contribution in [0.15, 0.2) is 34.2 Å². The van der Waals surface area contributed by atoms with E-state index in [0.29, 0.717) is 27.4 Å². The molecule has 0 unspecified atom stereocenters. The number of hydrogen-bond acceptors (Lipinski definition) is 4. The fraction of sp³-hybridized carbons (Fsp3) is 0.154. The number of rotatable bonds is 3. The Bertz CT molecular complexity index is 639. The van der Waals surface area contributed by atoms with Crippen LogP contribution >= 0.6 is 35.0 Å². The number of aliphatic imine (C=N–C) groups is 1. The lowest BCUT2D eigenvalue weighted by atomic mass is 10.3. The van der Waals surface area contributed by atoms with Gasteiger partial charge in [-0.1, -0.05) is 29.3 Å². The van der Waals surface area contributed by atoms with Gasteiger partial charge in [0.1, 0.15) is 0 Å². The minimum absolute atomic E-state index is 0.242. The van der Waals surface area contributed by atoms with Gasteiger partial charge < -0.3 is 10.6 Å². The molecule has 8 heteroatoms. The summed E-state index contributed by atoms with van der Waals surface area (Å²) in [5, 5.41) is 6.64. The number of likely N-dealkylation sites (N-methyl/N-ethyl adjacent to an activating group) is 1. The predicted octanol–water partition coefficient (Wildman–Crippen LogP) is 3.05. The molecule has 0 saturated heterocycles. The SMILES string of the molecule is CCNC(=O)/C=C1\SC(Nc2c(Cl)cccc2Cl)=NC1=O. The van der Waals surface area contributed by atoms with Crippen LogP contribution in [-0.2, 0) is 9.59 Å². The van der Waals surface area contributed by atoms with Crippen molar-refractivity contribution in [3.63, 3.8) is 0 Å². The molecular weight excluding hydrogens is 333 g/mol. The van der Waals surface area contributed by atoms with Crippen LogP contribution in [0, 0.1) is 0 Å². The van der Waals surface area contributed by atoms with Gasteiger partial charge in [-0.15, -0.1) is 0 Å². The molecule has 1 heterocycles. The average molecular weight is 344 g/mol. The molecule has 0 saturated carbocycles. The highest BCUT2D eigenvalue weighted by Crippen LogP contribution is 2.33. The first-order valence-corrected chi connectivity index (χ1v) is 7.60. The number of carbonyl (C=O) groups is 2. The van der Waals surface area contributed by atoms with Crippen LogP contribution in [0.3, 0.4) is 0 Å². The molecule has 0 bridgehead atoms. The zero-order valence-electron chi connectivity index (χ0n) is 10.9. The van der Waals surface area contributed by atoms with Crippen LogP contribution in [0.25, 0.3) is 0 Å². The highest BCUT2D eigenvalue weighted by Gasteiger charge is 2.23. The summed E-state index contributed by atoms with van der Waals surface area (Å²) in [7, 11) is 0. The lowest BCUT2D eigenvalue weighted by Gasteiger charge is -2.08. The number of nitrogens with zero attached hydrogens (tertiary/aromatic N) is 1. The Morgan fingerprint density at radius 1 is 1.38 bits per heavy atom. The molecule has 2 rings (SSSR count). The second-order valence-corrected chi connectivity index (χ2v) is 5.79. The summed E-state index contributed by atoms with van der Waals surface area (Å²) in [6.45, 7) is 2.28. The van der Waals surface area contributed by atoms with E-state index in [4.69, 9.17) is 23.2 Å². The third-order valence-electron chi connectivity index (χ3n) is 2.43. The average Bonchev–Trinajstić information content (AvgIpc) is 2.75. The summed E-state index contributed by atoms with van der Waals surface area (Å²) >= 11 is 13.1. The quantitative estimate of drug-likeness (QED) is 0.827. The van der Waals surface area contributed by atoms with Crippen molar-refractivity contribution >= 4 is 57.6 Å². The van der Waals surface area contributed by atoms with Crippen LogP contribution in [0.5, 0.6) is 0 Å². The van der Waals surface area contributed by atoms with E-state index < -0.39 is 5.91 Å². The van der Waals surface area contributed by atoms with Gasteiger partial charge in [0, 0.05) is 12.6 Å². The topological polar surface area (TPSA) is 70.6 Å². The number of thioether (sulfide) groups is 1. The van der Waals surface area contributed by atoms with Gasteiger partial charge in [-0.2, -0.15) is 4.99 Å². The maximum Gasteiger partial charge on any atom is 0.286 e. The Labute approximate surface area is 135 Å². The number of amidine groups is 1. The standard InChI is InChI=1S/C13H11Cl2N3O2S/c1-2-16-10(19)6-9-12(20)18-13(21-9)17-11-7(14)4-3-5-8(11)15/h3-6H,2H2,1H3,(H,16,19)(H,17,18,20)/b9-6-. The summed E-state index contributed by atoms with van der Waals surface area (Å²) in [4.78, 5) is 27.2. The zero-order valence-corrected chi connectivity index (χ0v) is 13.3. The highest BCUT2D eigenvalue weighted by molar-refractivity contribution is 8.18. The van der Waals surface area contributed by atoms with Gasteiger partial charge in [-0.3, -0.25) is 9.59 Å². The number of benzene rings is 1. The first-order valence-electron chi connectivity index (χ1n) is 6.02. The maximum atomic E-state index is 11.7. The van der Waals surface area contributed by atoms with E-state index in [2.05, 4.69) is 15.6 Å². The number of halogens is 2. The largest absolute Gasteiger partial charge is 0.353 e. The second-order valence-electron chi connectivity index (χ2n) is 3.95. The number of nitrogens with one attached hydrogen (secondary N) is 2. The molecule has 0 aromatic heterocycles. The lowest BCUT2D eigenvalue weighted by molar-refractivity contribution is -0.117. The molecule has 1 aliphatic heterocycles. The van der Waals surface area contributed by atoms with E-state index in [9.17, 15) is 9.59 Å². The van der Waals surface area contributed by atoms with Gasteiger partial charge in [-0.05, 0) is 30.8 Å². The molecule has 0 aliphatic carbocycles. The normalized spacial score (nSPS) is 16.0. The van der Waals surface area contributed by atoms with Crippen molar-refractivity contribution < 1.29 is 9.59 Å². The number of anilines is 1. The Hall–Kier alpha value is -1.50. The minimum Gasteiger partial charge on any atom is -0.353 e. The molecule has 0 fully saturated rings. The second kappa shape index (κ2) is 6.98. The highest BCUT2D eigenvalue weighted by atomic mass is 35.5. The Kier molecular flexibility index (Phi) is 5.27. The van der Waals surface area contributed by atoms with Gasteiger partial charge in [0.2, 0.25) is 5.91 Å². The summed E-state index contributed by atoms with van der Waals surface area (Å²) in [6, 6.07) is 5.05. The molecule has 0 spiro atoms. The fourth-order valence-electron chi connectivity index (χ4n) is 1.53. The predicted molar refractivity (Wildman–Crippen MR) is 86.9 cm³/mol. The smallest absolute Gasteiger partial charge is 0.286 e. The van der Waals surface area contributed by atoms with Crippen molar-refractivity contribution in [2.75, 3.05) is 11.9 Å². The van der Waals surface area contributed by atoms with E-state index >= 15 is 0 Å².